The molecule has 0 radical (unpaired) electrons. The number of aromatic amines is 1. The summed E-state index contributed by atoms with van der Waals surface area (Å²) in [7, 11) is 1.85. The van der Waals surface area contributed by atoms with Gasteiger partial charge < -0.3 is 24.5 Å². The van der Waals surface area contributed by atoms with Gasteiger partial charge in [0.05, 0.1) is 19.0 Å². The number of aromatic nitrogens is 5. The second-order valence-corrected chi connectivity index (χ2v) is 5.95. The second-order valence-electron chi connectivity index (χ2n) is 5.95. The van der Waals surface area contributed by atoms with Gasteiger partial charge in [-0.1, -0.05) is 0 Å². The fourth-order valence-electron chi connectivity index (χ4n) is 3.02. The largest absolute Gasteiger partial charge is 0.373 e. The summed E-state index contributed by atoms with van der Waals surface area (Å²) in [4.78, 5) is 30.1. The number of rotatable bonds is 4. The van der Waals surface area contributed by atoms with E-state index in [-0.39, 0.29) is 12.0 Å². The van der Waals surface area contributed by atoms with Crippen molar-refractivity contribution in [2.45, 2.75) is 6.10 Å². The summed E-state index contributed by atoms with van der Waals surface area (Å²) in [5.74, 6) is 0.704. The van der Waals surface area contributed by atoms with Gasteiger partial charge in [0.1, 0.15) is 17.5 Å². The van der Waals surface area contributed by atoms with Gasteiger partial charge in [0.15, 0.2) is 11.5 Å². The van der Waals surface area contributed by atoms with E-state index >= 15 is 0 Å². The molecule has 2 N–H and O–H groups in total. The summed E-state index contributed by atoms with van der Waals surface area (Å²) >= 11 is 0. The molecule has 1 atom stereocenters. The molecule has 1 saturated heterocycles. The quantitative estimate of drug-likeness (QED) is 0.709. The summed E-state index contributed by atoms with van der Waals surface area (Å²) < 4.78 is 7.58. The van der Waals surface area contributed by atoms with E-state index in [0.717, 1.165) is 17.9 Å². The van der Waals surface area contributed by atoms with Crippen LogP contribution in [-0.2, 0) is 11.8 Å². The van der Waals surface area contributed by atoms with Gasteiger partial charge in [-0.25, -0.2) is 15.0 Å². The van der Waals surface area contributed by atoms with Crippen LogP contribution < -0.4 is 10.2 Å². The molecule has 3 aromatic heterocycles. The zero-order valence-corrected chi connectivity index (χ0v) is 13.8. The average molecular weight is 341 g/mol. The van der Waals surface area contributed by atoms with Crippen molar-refractivity contribution in [1.29, 1.82) is 0 Å². The van der Waals surface area contributed by atoms with Crippen LogP contribution >= 0.6 is 0 Å². The third-order valence-electron chi connectivity index (χ3n) is 4.31. The number of H-pyrrole nitrogens is 1. The van der Waals surface area contributed by atoms with E-state index in [9.17, 15) is 4.79 Å². The van der Waals surface area contributed by atoms with Gasteiger partial charge in [-0.15, -0.1) is 0 Å². The number of aryl methyl sites for hydroxylation is 1. The second kappa shape index (κ2) is 6.52. The Bertz CT molecular complexity index is 887. The molecule has 1 aliphatic rings. The highest BCUT2D eigenvalue weighted by Gasteiger charge is 2.24. The topological polar surface area (TPSA) is 101 Å². The maximum atomic E-state index is 12.2. The molecule has 4 rings (SSSR count). The lowest BCUT2D eigenvalue weighted by Crippen LogP contribution is -2.48. The van der Waals surface area contributed by atoms with Gasteiger partial charge >= 0.3 is 0 Å². The molecule has 9 heteroatoms. The summed E-state index contributed by atoms with van der Waals surface area (Å²) in [6.07, 6.45) is 4.87. The van der Waals surface area contributed by atoms with Crippen LogP contribution in [0, 0.1) is 0 Å². The lowest BCUT2D eigenvalue weighted by molar-refractivity contribution is 0.0394. The van der Waals surface area contributed by atoms with Crippen LogP contribution in [0.15, 0.2) is 31.0 Å². The Labute approximate surface area is 144 Å². The van der Waals surface area contributed by atoms with Gasteiger partial charge in [0.2, 0.25) is 0 Å². The third kappa shape index (κ3) is 3.05. The fraction of sp³-hybridized carbons (Fsp3) is 0.375. The highest BCUT2D eigenvalue weighted by molar-refractivity contribution is 5.92. The number of morpholine rings is 1. The van der Waals surface area contributed by atoms with Crippen LogP contribution in [0.2, 0.25) is 0 Å². The van der Waals surface area contributed by atoms with Gasteiger partial charge in [0, 0.05) is 32.9 Å². The van der Waals surface area contributed by atoms with E-state index in [2.05, 4.69) is 30.2 Å². The Morgan fingerprint density at radius 3 is 3.20 bits per heavy atom. The Kier molecular flexibility index (Phi) is 4.06. The van der Waals surface area contributed by atoms with E-state index < -0.39 is 0 Å². The van der Waals surface area contributed by atoms with E-state index in [1.807, 2.05) is 19.3 Å². The maximum Gasteiger partial charge on any atom is 0.267 e. The number of nitrogens with one attached hydrogen (secondary N) is 2. The van der Waals surface area contributed by atoms with Crippen LogP contribution in [0.1, 0.15) is 10.5 Å². The Morgan fingerprint density at radius 1 is 1.44 bits per heavy atom. The molecule has 3 aromatic rings. The summed E-state index contributed by atoms with van der Waals surface area (Å²) in [6, 6.07) is 3.64. The normalized spacial score (nSPS) is 17.8. The lowest BCUT2D eigenvalue weighted by Gasteiger charge is -2.33. The van der Waals surface area contributed by atoms with Gasteiger partial charge in [0.25, 0.3) is 5.91 Å². The molecule has 1 aliphatic heterocycles. The first-order chi connectivity index (χ1) is 12.2. The first-order valence-corrected chi connectivity index (χ1v) is 8.12. The Balaban J connectivity index is 1.42. The van der Waals surface area contributed by atoms with Crippen molar-refractivity contribution in [2.24, 2.45) is 7.05 Å². The zero-order chi connectivity index (χ0) is 17.2. The first kappa shape index (κ1) is 15.6. The molecule has 0 aromatic carbocycles. The molecule has 1 fully saturated rings. The highest BCUT2D eigenvalue weighted by atomic mass is 16.5. The van der Waals surface area contributed by atoms with Gasteiger partial charge in [-0.05, 0) is 12.1 Å². The van der Waals surface area contributed by atoms with E-state index in [1.165, 1.54) is 6.33 Å². The van der Waals surface area contributed by atoms with Crippen molar-refractivity contribution in [2.75, 3.05) is 31.1 Å². The zero-order valence-electron chi connectivity index (χ0n) is 13.8. The Hall–Kier alpha value is -2.94. The summed E-state index contributed by atoms with van der Waals surface area (Å²) in [5, 5.41) is 2.94. The van der Waals surface area contributed by atoms with Crippen molar-refractivity contribution in [3.05, 3.63) is 36.7 Å². The molecule has 9 nitrogen and oxygen atoms in total. The molecule has 1 unspecified atom stereocenters. The predicted molar refractivity (Wildman–Crippen MR) is 91.4 cm³/mol. The van der Waals surface area contributed by atoms with Crippen LogP contribution in [0.4, 0.5) is 5.82 Å². The van der Waals surface area contributed by atoms with Gasteiger partial charge in [-0.2, -0.15) is 0 Å². The molecule has 130 valence electrons. The van der Waals surface area contributed by atoms with Crippen LogP contribution in [0.5, 0.6) is 0 Å². The molecule has 4 heterocycles. The van der Waals surface area contributed by atoms with Crippen molar-refractivity contribution in [3.8, 4) is 0 Å². The van der Waals surface area contributed by atoms with E-state index in [1.54, 1.807) is 17.0 Å². The number of ether oxygens (including phenoxy) is 1. The third-order valence-corrected chi connectivity index (χ3v) is 4.31. The highest BCUT2D eigenvalue weighted by Crippen LogP contribution is 2.21. The number of imidazole rings is 1. The minimum Gasteiger partial charge on any atom is -0.373 e. The number of hydrogen-bond donors (Lipinski definition) is 2. The lowest BCUT2D eigenvalue weighted by atomic mass is 10.2. The predicted octanol–water partition coefficient (Wildman–Crippen LogP) is 0.327. The SMILES string of the molecule is Cn1cccc1C(=O)NCC1CN(c2ncnc3nc[nH]c23)CCO1. The molecule has 0 saturated carbocycles. The molecular formula is C16H19N7O2. The maximum absolute atomic E-state index is 12.2. The number of anilines is 1. The van der Waals surface area contributed by atoms with Crippen molar-refractivity contribution in [3.63, 3.8) is 0 Å². The first-order valence-electron chi connectivity index (χ1n) is 8.12. The van der Waals surface area contributed by atoms with Crippen molar-refractivity contribution in [1.82, 2.24) is 29.8 Å². The summed E-state index contributed by atoms with van der Waals surface area (Å²) in [6.45, 7) is 2.38. The number of amides is 1. The molecular weight excluding hydrogens is 322 g/mol. The smallest absolute Gasteiger partial charge is 0.267 e. The van der Waals surface area contributed by atoms with E-state index in [0.29, 0.717) is 31.0 Å². The monoisotopic (exact) mass is 341 g/mol. The van der Waals surface area contributed by atoms with Crippen LogP contribution in [-0.4, -0.2) is 62.8 Å². The molecule has 1 amide bonds. The fourth-order valence-corrected chi connectivity index (χ4v) is 3.02. The molecule has 0 spiro atoms. The van der Waals surface area contributed by atoms with Crippen molar-refractivity contribution >= 4 is 22.9 Å². The van der Waals surface area contributed by atoms with Crippen molar-refractivity contribution < 1.29 is 9.53 Å². The average Bonchev–Trinajstić information content (AvgIpc) is 3.28. The number of fused-ring (bicyclic) bond motifs is 1. The Morgan fingerprint density at radius 2 is 2.36 bits per heavy atom. The van der Waals surface area contributed by atoms with E-state index in [4.69, 9.17) is 4.74 Å². The number of hydrogen-bond acceptors (Lipinski definition) is 6. The standard InChI is InChI=1S/C16H19N7O2/c1-22-4-2-3-12(22)16(24)17-7-11-8-23(5-6-25-11)15-13-14(19-9-18-13)20-10-21-15/h2-4,9-11H,5-8H2,1H3,(H,17,24)(H,18,19,20,21). The minimum atomic E-state index is -0.106. The summed E-state index contributed by atoms with van der Waals surface area (Å²) in [5.41, 5.74) is 2.09. The number of nitrogens with zero attached hydrogens (tertiary/aromatic N) is 5. The molecule has 0 bridgehead atoms. The number of carbonyl (C=O) groups is 1. The molecule has 25 heavy (non-hydrogen) atoms. The van der Waals surface area contributed by atoms with Crippen LogP contribution in [0.25, 0.3) is 11.2 Å². The number of carbonyl (C=O) groups excluding carboxylic acids is 1. The molecule has 0 aliphatic carbocycles. The van der Waals surface area contributed by atoms with Crippen LogP contribution in [0.3, 0.4) is 0 Å². The minimum absolute atomic E-state index is 0.105. The van der Waals surface area contributed by atoms with Gasteiger partial charge in [-0.3, -0.25) is 4.79 Å².